The highest BCUT2D eigenvalue weighted by atomic mass is 16.3. The number of aryl methyl sites for hydroxylation is 10. The van der Waals surface area contributed by atoms with Gasteiger partial charge in [0, 0.05) is 80.8 Å². The van der Waals surface area contributed by atoms with Gasteiger partial charge < -0.3 is 8.83 Å². The fourth-order valence-electron chi connectivity index (χ4n) is 16.0. The van der Waals surface area contributed by atoms with Gasteiger partial charge >= 0.3 is 0 Å². The Labute approximate surface area is 619 Å². The van der Waals surface area contributed by atoms with Crippen molar-refractivity contribution >= 4 is 87.7 Å². The third kappa shape index (κ3) is 11.5. The molecule has 0 aliphatic heterocycles. The van der Waals surface area contributed by atoms with Crippen LogP contribution in [0.3, 0.4) is 0 Å². The molecule has 18 aromatic rings. The van der Waals surface area contributed by atoms with Crippen molar-refractivity contribution in [2.24, 2.45) is 28.2 Å². The summed E-state index contributed by atoms with van der Waals surface area (Å²) >= 11 is 0. The molecule has 0 bridgehead atoms. The van der Waals surface area contributed by atoms with Gasteiger partial charge in [0.25, 0.3) is 11.0 Å². The highest BCUT2D eigenvalue weighted by molar-refractivity contribution is 6.06. The van der Waals surface area contributed by atoms with Gasteiger partial charge in [0.05, 0.1) is 23.9 Å². The number of hydrogen-bond donors (Lipinski definition) is 0. The second-order valence-corrected chi connectivity index (χ2v) is 28.0. The Hall–Kier alpha value is -12.3. The molecule has 0 amide bonds. The smallest absolute Gasteiger partial charge is 0.261 e. The van der Waals surface area contributed by atoms with Crippen LogP contribution in [0.15, 0.2) is 264 Å². The number of para-hydroxylation sites is 1. The molecule has 0 unspecified atom stereocenters. The summed E-state index contributed by atoms with van der Waals surface area (Å²) in [4.78, 5) is 9.41. The fourth-order valence-corrected chi connectivity index (χ4v) is 16.0. The average Bonchev–Trinajstić information content (AvgIpc) is 1.63. The second-order valence-electron chi connectivity index (χ2n) is 28.0. The molecule has 8 nitrogen and oxygen atoms in total. The summed E-state index contributed by atoms with van der Waals surface area (Å²) in [6.45, 7) is 3.81. The quantitative estimate of drug-likeness (QED) is 0.165. The highest BCUT2D eigenvalue weighted by Crippen LogP contribution is 2.42. The molecule has 104 heavy (non-hydrogen) atoms. The van der Waals surface area contributed by atoms with Crippen LogP contribution in [0, 0.1) is 55.2 Å². The van der Waals surface area contributed by atoms with Gasteiger partial charge in [-0.3, -0.25) is 0 Å². The Kier molecular flexibility index (Phi) is 13.8. The Morgan fingerprint density at radius 2 is 0.673 bits per heavy atom. The van der Waals surface area contributed by atoms with E-state index in [1.54, 1.807) is 36.4 Å². The predicted octanol–water partition coefficient (Wildman–Crippen LogP) is 21.5. The number of rotatable bonds is 4. The van der Waals surface area contributed by atoms with Crippen molar-refractivity contribution in [2.75, 3.05) is 0 Å². The summed E-state index contributed by atoms with van der Waals surface area (Å²) in [6, 6.07) is 86.5. The van der Waals surface area contributed by atoms with Gasteiger partial charge in [-0.05, 0) is 224 Å². The number of benzene rings is 10. The number of fused-ring (bicyclic) bond motifs is 16. The highest BCUT2D eigenvalue weighted by Gasteiger charge is 2.32. The van der Waals surface area contributed by atoms with Crippen molar-refractivity contribution in [2.45, 2.75) is 68.0 Å². The molecule has 10 aromatic carbocycles. The van der Waals surface area contributed by atoms with Crippen LogP contribution in [0.4, 0.5) is 0 Å². The van der Waals surface area contributed by atoms with E-state index in [0.717, 1.165) is 124 Å². The van der Waals surface area contributed by atoms with Crippen molar-refractivity contribution in [3.05, 3.63) is 322 Å². The van der Waals surface area contributed by atoms with E-state index >= 15 is 0 Å². The Balaban J connectivity index is 0.000000109. The maximum Gasteiger partial charge on any atom is 0.261 e. The van der Waals surface area contributed by atoms with Crippen molar-refractivity contribution in [3.8, 4) is 67.3 Å². The zero-order valence-corrected chi connectivity index (χ0v) is 59.7. The van der Waals surface area contributed by atoms with Crippen LogP contribution < -0.4 is 18.3 Å². The van der Waals surface area contributed by atoms with E-state index in [1.807, 2.05) is 102 Å². The van der Waals surface area contributed by atoms with Crippen molar-refractivity contribution < 1.29 is 39.4 Å². The predicted molar refractivity (Wildman–Crippen MR) is 427 cm³/mol. The number of nitrogens with zero attached hydrogens (tertiary/aromatic N) is 6. The minimum atomic E-state index is -2.11. The number of pyridine rings is 6. The molecule has 2 aliphatic rings. The fraction of sp³-hybridized carbons (Fsp3) is 0.146. The third-order valence-electron chi connectivity index (χ3n) is 21.3. The number of hydrogen-bond acceptors (Lipinski definition) is 4. The molecule has 0 radical (unpaired) electrons. The summed E-state index contributed by atoms with van der Waals surface area (Å²) in [6.07, 6.45) is 1.91. The first-order valence-corrected chi connectivity index (χ1v) is 35.3. The third-order valence-corrected chi connectivity index (χ3v) is 21.3. The first-order valence-electron chi connectivity index (χ1n) is 39.8. The van der Waals surface area contributed by atoms with Gasteiger partial charge in [-0.15, -0.1) is 0 Å². The molecule has 8 aromatic heterocycles. The largest absolute Gasteiger partial charge is 0.431 e. The van der Waals surface area contributed by atoms with Crippen LogP contribution in [-0.4, -0.2) is 9.97 Å². The van der Waals surface area contributed by atoms with Crippen LogP contribution in [0.2, 0.25) is 0 Å². The van der Waals surface area contributed by atoms with Crippen molar-refractivity contribution in [1.29, 1.82) is 0 Å². The first kappa shape index (κ1) is 55.4. The lowest BCUT2D eigenvalue weighted by atomic mass is 9.99. The van der Waals surface area contributed by atoms with E-state index in [9.17, 15) is 0 Å². The molecule has 0 saturated heterocycles. The van der Waals surface area contributed by atoms with Gasteiger partial charge in [0.2, 0.25) is 45.4 Å². The SMILES string of the molecule is Cc1ccccc1-c1ccc2c([n+]1C)Cc1cc3ccccc3cc1-2.[2H]C([2H])([2H])c1ccc(-c2ccc3c([n+]2C)Cc2cc4ccccc4cc2-3)c(C)c1.[2H]C([2H])([2H])c1ccc(-c2ccc3oc4nc5cc(C)ccc5cc4c3[n+]2C)c(C)c1.[2H]C([2H])([2H])c1ccc(-c2ccc3oc4nc5ccccc5cc4c3[n+]2C)c(C)c1. The van der Waals surface area contributed by atoms with E-state index in [4.69, 9.17) is 26.2 Å². The van der Waals surface area contributed by atoms with Crippen LogP contribution in [0.25, 0.3) is 155 Å². The number of aromatic nitrogens is 6. The molecule has 0 saturated carbocycles. The van der Waals surface area contributed by atoms with E-state index in [-0.39, 0.29) is 0 Å². The maximum atomic E-state index is 7.65. The molecule has 504 valence electrons. The standard InChI is InChI=1S/C25H22N.C24H21N2O.C24H20N.C23H19N2O/c1-16-8-9-21(17(2)12-16)24-11-10-22-23-14-19-7-5-4-6-18(19)13-20(23)15-25(22)26(24)3;1-14-6-8-18(16(3)11-14)21-9-10-22-23(26(21)4)19-13-17-7-5-15(2)12-20(17)25-24(19)27-22;1-16-7-3-6-10-20(16)23-12-11-21-22-14-18-9-5-4-8-17(18)13-19(22)15-24(21)25(23)2;1-14-8-9-17(15(2)12-14)20-10-11-21-22(25(20)3)18-13-16-6-4-5-7-19(16)24-23(18)26-21/h4-14H,15H2,1-3H3;5-13H,1-4H3;3-14H,15H2,1-2H3;4-13H,1-3H3/q4*+1/i2*1D3;;1D3. The molecular formula is C96H82N6O2+4. The zero-order chi connectivity index (χ0) is 78.8. The number of furan rings is 2. The van der Waals surface area contributed by atoms with Gasteiger partial charge in [-0.25, -0.2) is 9.97 Å². The first-order chi connectivity index (χ1) is 54.1. The van der Waals surface area contributed by atoms with E-state index < -0.39 is 20.6 Å². The average molecular weight is 1360 g/mol. The van der Waals surface area contributed by atoms with Crippen LogP contribution in [0.5, 0.6) is 0 Å². The summed E-state index contributed by atoms with van der Waals surface area (Å²) in [5, 5.41) is 9.24. The van der Waals surface area contributed by atoms with Crippen LogP contribution in [-0.2, 0) is 41.0 Å². The summed E-state index contributed by atoms with van der Waals surface area (Å²) < 4.78 is 89.7. The summed E-state index contributed by atoms with van der Waals surface area (Å²) in [5.41, 5.74) is 32.5. The molecular weight excluding hydrogens is 1270 g/mol. The molecule has 8 heterocycles. The Morgan fingerprint density at radius 3 is 1.13 bits per heavy atom. The Morgan fingerprint density at radius 1 is 0.298 bits per heavy atom. The monoisotopic (exact) mass is 1360 g/mol. The van der Waals surface area contributed by atoms with Crippen molar-refractivity contribution in [1.82, 2.24) is 9.97 Å². The second kappa shape index (κ2) is 26.0. The van der Waals surface area contributed by atoms with Crippen LogP contribution in [0.1, 0.15) is 79.4 Å². The topological polar surface area (TPSA) is 67.6 Å². The lowest BCUT2D eigenvalue weighted by Gasteiger charge is -2.08. The van der Waals surface area contributed by atoms with Crippen molar-refractivity contribution in [3.63, 3.8) is 0 Å². The van der Waals surface area contributed by atoms with Gasteiger partial charge in [0.1, 0.15) is 39.0 Å². The molecule has 8 heteroatoms. The minimum Gasteiger partial charge on any atom is -0.431 e. The normalized spacial score (nSPS) is 13.6. The van der Waals surface area contributed by atoms with Gasteiger partial charge in [0.15, 0.2) is 11.4 Å². The van der Waals surface area contributed by atoms with E-state index in [2.05, 4.69) is 203 Å². The molecule has 0 spiro atoms. The van der Waals surface area contributed by atoms with Gasteiger partial charge in [-0.2, -0.15) is 18.3 Å². The van der Waals surface area contributed by atoms with E-state index in [0.29, 0.717) is 28.1 Å². The molecule has 0 N–H and O–H groups in total. The maximum absolute atomic E-state index is 7.65. The van der Waals surface area contributed by atoms with Crippen LogP contribution >= 0.6 is 0 Å². The Bertz CT molecular complexity index is 6970. The molecule has 0 atom stereocenters. The lowest BCUT2D eigenvalue weighted by Crippen LogP contribution is -2.36. The minimum absolute atomic E-state index is 0.354. The summed E-state index contributed by atoms with van der Waals surface area (Å²) in [7, 11) is 8.31. The van der Waals surface area contributed by atoms with Gasteiger partial charge in [-0.1, -0.05) is 150 Å². The zero-order valence-electron chi connectivity index (χ0n) is 68.7. The molecule has 0 fully saturated rings. The summed E-state index contributed by atoms with van der Waals surface area (Å²) in [5.74, 6) is 0. The van der Waals surface area contributed by atoms with E-state index in [1.165, 1.54) is 83.1 Å². The molecule has 2 aliphatic carbocycles. The molecule has 20 rings (SSSR count). The lowest BCUT2D eigenvalue weighted by molar-refractivity contribution is -0.667.